The summed E-state index contributed by atoms with van der Waals surface area (Å²) < 4.78 is 72.9. The first kappa shape index (κ1) is 26.0. The predicted octanol–water partition coefficient (Wildman–Crippen LogP) is 4.39. The number of alkyl halides is 3. The van der Waals surface area contributed by atoms with Crippen LogP contribution < -0.4 is 10.3 Å². The SMILES string of the molecule is O=C([C@@H]1CCc2c(S(=O)(=O)c3ccccc3)cc(OCc3ccc(C(F)(F)F)cc3)c(=O)n21)N1CCCC1. The predicted molar refractivity (Wildman–Crippen MR) is 132 cm³/mol. The molecule has 1 saturated heterocycles. The second kappa shape index (κ2) is 9.94. The van der Waals surface area contributed by atoms with E-state index >= 15 is 0 Å². The second-order valence-electron chi connectivity index (χ2n) is 9.38. The second-order valence-corrected chi connectivity index (χ2v) is 11.3. The molecular formula is C27H25F3N2O5S. The molecule has 0 spiro atoms. The standard InChI is InChI=1S/C27H25F3N2O5S/c28-27(29,30)19-10-8-18(9-11-19)17-37-23-16-24(38(35,36)20-6-2-1-3-7-20)21-12-13-22(32(21)26(23)34)25(33)31-14-4-5-15-31/h1-3,6-11,16,22H,4-5,12-15,17H2/t22-/m0/s1. The van der Waals surface area contributed by atoms with E-state index < -0.39 is 33.2 Å². The van der Waals surface area contributed by atoms with Gasteiger partial charge in [-0.25, -0.2) is 8.42 Å². The lowest BCUT2D eigenvalue weighted by atomic mass is 10.1. The molecule has 38 heavy (non-hydrogen) atoms. The van der Waals surface area contributed by atoms with Gasteiger partial charge in [-0.2, -0.15) is 13.2 Å². The molecule has 0 unspecified atom stereocenters. The maximum atomic E-state index is 13.6. The number of likely N-dealkylation sites (tertiary alicyclic amines) is 1. The maximum absolute atomic E-state index is 13.6. The fraction of sp³-hybridized carbons (Fsp3) is 0.333. The molecule has 1 aromatic heterocycles. The van der Waals surface area contributed by atoms with E-state index in [1.807, 2.05) is 0 Å². The summed E-state index contributed by atoms with van der Waals surface area (Å²) in [4.78, 5) is 28.4. The number of carbonyl (C=O) groups is 1. The smallest absolute Gasteiger partial charge is 0.416 e. The van der Waals surface area contributed by atoms with E-state index in [0.29, 0.717) is 18.7 Å². The minimum absolute atomic E-state index is 0.0319. The number of carbonyl (C=O) groups excluding carboxylic acids is 1. The van der Waals surface area contributed by atoms with E-state index in [9.17, 15) is 31.2 Å². The van der Waals surface area contributed by atoms with Crippen molar-refractivity contribution in [3.05, 3.63) is 87.8 Å². The van der Waals surface area contributed by atoms with Gasteiger partial charge in [0.15, 0.2) is 5.75 Å². The minimum atomic E-state index is -4.49. The molecule has 3 aromatic rings. The van der Waals surface area contributed by atoms with Crippen LogP contribution in [0.2, 0.25) is 0 Å². The van der Waals surface area contributed by atoms with Gasteiger partial charge in [0.1, 0.15) is 12.6 Å². The summed E-state index contributed by atoms with van der Waals surface area (Å²) in [5.41, 5.74) is -0.856. The minimum Gasteiger partial charge on any atom is -0.483 e. The molecule has 1 atom stereocenters. The zero-order valence-corrected chi connectivity index (χ0v) is 21.1. The number of hydrogen-bond acceptors (Lipinski definition) is 5. The number of aromatic nitrogens is 1. The van der Waals surface area contributed by atoms with Crippen LogP contribution in [-0.2, 0) is 33.8 Å². The number of pyridine rings is 1. The van der Waals surface area contributed by atoms with Gasteiger partial charge in [0.25, 0.3) is 5.56 Å². The Morgan fingerprint density at radius 1 is 1.00 bits per heavy atom. The van der Waals surface area contributed by atoms with Crippen molar-refractivity contribution in [3.8, 4) is 5.75 Å². The van der Waals surface area contributed by atoms with Gasteiger partial charge < -0.3 is 9.64 Å². The lowest BCUT2D eigenvalue weighted by molar-refractivity contribution is -0.137. The van der Waals surface area contributed by atoms with Crippen molar-refractivity contribution in [3.63, 3.8) is 0 Å². The molecule has 1 fully saturated rings. The van der Waals surface area contributed by atoms with Crippen LogP contribution in [0.25, 0.3) is 0 Å². The zero-order chi connectivity index (χ0) is 27.1. The van der Waals surface area contributed by atoms with Gasteiger partial charge in [-0.05, 0) is 55.5 Å². The van der Waals surface area contributed by atoms with Gasteiger partial charge in [0, 0.05) is 24.8 Å². The fourth-order valence-electron chi connectivity index (χ4n) is 5.00. The number of sulfone groups is 1. The molecule has 0 saturated carbocycles. The van der Waals surface area contributed by atoms with Gasteiger partial charge in [-0.3, -0.25) is 14.2 Å². The van der Waals surface area contributed by atoms with Crippen molar-refractivity contribution < 1.29 is 31.1 Å². The van der Waals surface area contributed by atoms with Crippen molar-refractivity contribution >= 4 is 15.7 Å². The molecule has 7 nitrogen and oxygen atoms in total. The van der Waals surface area contributed by atoms with Gasteiger partial charge in [0.2, 0.25) is 15.7 Å². The van der Waals surface area contributed by atoms with E-state index in [0.717, 1.165) is 25.0 Å². The summed E-state index contributed by atoms with van der Waals surface area (Å²) in [6, 6.07) is 12.3. The Hall–Kier alpha value is -3.60. The van der Waals surface area contributed by atoms with Gasteiger partial charge in [-0.1, -0.05) is 30.3 Å². The van der Waals surface area contributed by atoms with Crippen LogP contribution in [0.1, 0.15) is 42.1 Å². The number of nitrogens with zero attached hydrogens (tertiary/aromatic N) is 2. The summed E-state index contributed by atoms with van der Waals surface area (Å²) >= 11 is 0. The summed E-state index contributed by atoms with van der Waals surface area (Å²) in [7, 11) is -4.07. The van der Waals surface area contributed by atoms with Crippen molar-refractivity contribution in [2.45, 2.75) is 54.3 Å². The highest BCUT2D eigenvalue weighted by atomic mass is 32.2. The number of halogens is 3. The number of rotatable bonds is 6. The average Bonchev–Trinajstić information content (AvgIpc) is 3.59. The lowest BCUT2D eigenvalue weighted by Gasteiger charge is -2.23. The molecule has 200 valence electrons. The lowest BCUT2D eigenvalue weighted by Crippen LogP contribution is -2.38. The third-order valence-corrected chi connectivity index (χ3v) is 8.78. The molecule has 2 aromatic carbocycles. The summed E-state index contributed by atoms with van der Waals surface area (Å²) in [5, 5.41) is 0. The summed E-state index contributed by atoms with van der Waals surface area (Å²) in [6.07, 6.45) is -2.26. The molecule has 11 heteroatoms. The molecule has 5 rings (SSSR count). The van der Waals surface area contributed by atoms with Crippen molar-refractivity contribution in [2.75, 3.05) is 13.1 Å². The highest BCUT2D eigenvalue weighted by Crippen LogP contribution is 2.35. The number of fused-ring (bicyclic) bond motifs is 1. The molecular weight excluding hydrogens is 521 g/mol. The number of ether oxygens (including phenoxy) is 1. The molecule has 0 bridgehead atoms. The Morgan fingerprint density at radius 2 is 1.66 bits per heavy atom. The fourth-order valence-corrected chi connectivity index (χ4v) is 6.54. The summed E-state index contributed by atoms with van der Waals surface area (Å²) in [5.74, 6) is -0.518. The normalized spacial score (nSPS) is 17.4. The van der Waals surface area contributed by atoms with Crippen LogP contribution in [0.15, 0.2) is 75.2 Å². The Morgan fingerprint density at radius 3 is 2.29 bits per heavy atom. The third-order valence-electron chi connectivity index (χ3n) is 6.95. The van der Waals surface area contributed by atoms with Crippen LogP contribution in [-0.4, -0.2) is 36.9 Å². The first-order valence-electron chi connectivity index (χ1n) is 12.2. The van der Waals surface area contributed by atoms with E-state index in [4.69, 9.17) is 4.74 Å². The Bertz CT molecular complexity index is 1510. The number of hydrogen-bond donors (Lipinski definition) is 0. The van der Waals surface area contributed by atoms with Crippen LogP contribution in [0.3, 0.4) is 0 Å². The molecule has 0 aliphatic carbocycles. The van der Waals surface area contributed by atoms with Gasteiger partial charge in [0.05, 0.1) is 15.4 Å². The van der Waals surface area contributed by atoms with E-state index in [2.05, 4.69) is 0 Å². The monoisotopic (exact) mass is 546 g/mol. The average molecular weight is 547 g/mol. The first-order valence-corrected chi connectivity index (χ1v) is 13.7. The van der Waals surface area contributed by atoms with Crippen LogP contribution in [0.5, 0.6) is 5.75 Å². The largest absolute Gasteiger partial charge is 0.483 e. The van der Waals surface area contributed by atoms with Crippen molar-refractivity contribution in [1.82, 2.24) is 9.47 Å². The molecule has 2 aliphatic rings. The molecule has 0 radical (unpaired) electrons. The first-order chi connectivity index (χ1) is 18.1. The quantitative estimate of drug-likeness (QED) is 0.458. The van der Waals surface area contributed by atoms with E-state index in [1.54, 1.807) is 23.1 Å². The Balaban J connectivity index is 1.55. The topological polar surface area (TPSA) is 85.7 Å². The molecule has 1 amide bonds. The third kappa shape index (κ3) is 4.82. The Labute approximate surface area is 217 Å². The van der Waals surface area contributed by atoms with E-state index in [1.165, 1.54) is 34.9 Å². The maximum Gasteiger partial charge on any atom is 0.416 e. The van der Waals surface area contributed by atoms with Crippen molar-refractivity contribution in [2.24, 2.45) is 0 Å². The highest BCUT2D eigenvalue weighted by molar-refractivity contribution is 7.91. The van der Waals surface area contributed by atoms with Crippen molar-refractivity contribution in [1.29, 1.82) is 0 Å². The molecule has 2 aliphatic heterocycles. The van der Waals surface area contributed by atoms with Gasteiger partial charge >= 0.3 is 6.18 Å². The Kier molecular flexibility index (Phi) is 6.81. The van der Waals surface area contributed by atoms with E-state index in [-0.39, 0.29) is 46.6 Å². The van der Waals surface area contributed by atoms with Crippen LogP contribution in [0, 0.1) is 0 Å². The zero-order valence-electron chi connectivity index (χ0n) is 20.3. The van der Waals surface area contributed by atoms with Crippen LogP contribution in [0.4, 0.5) is 13.2 Å². The number of amides is 1. The molecule has 3 heterocycles. The molecule has 0 N–H and O–H groups in total. The van der Waals surface area contributed by atoms with Gasteiger partial charge in [-0.15, -0.1) is 0 Å². The number of benzene rings is 2. The summed E-state index contributed by atoms with van der Waals surface area (Å²) in [6.45, 7) is 0.902. The highest BCUT2D eigenvalue weighted by Gasteiger charge is 2.38. The van der Waals surface area contributed by atoms with Crippen LogP contribution >= 0.6 is 0 Å².